The van der Waals surface area contributed by atoms with Gasteiger partial charge in [0.2, 0.25) is 0 Å². The lowest BCUT2D eigenvalue weighted by Gasteiger charge is -2.11. The van der Waals surface area contributed by atoms with Gasteiger partial charge < -0.3 is 10.2 Å². The van der Waals surface area contributed by atoms with Gasteiger partial charge in [0.1, 0.15) is 5.75 Å². The van der Waals surface area contributed by atoms with Crippen molar-refractivity contribution in [1.82, 2.24) is 0 Å². The minimum atomic E-state index is -4.71. The van der Waals surface area contributed by atoms with Gasteiger partial charge in [0.25, 0.3) is 0 Å². The molecule has 0 aromatic heterocycles. The van der Waals surface area contributed by atoms with Gasteiger partial charge in [-0.05, 0) is 28.1 Å². The molecule has 0 amide bonds. The van der Waals surface area contributed by atoms with Crippen LogP contribution < -0.4 is 16.0 Å². The third kappa shape index (κ3) is 3.08. The molecule has 7 heteroatoms. The van der Waals surface area contributed by atoms with Gasteiger partial charge in [0, 0.05) is 6.07 Å². The lowest BCUT2D eigenvalue weighted by atomic mass is 10.3. The van der Waals surface area contributed by atoms with Gasteiger partial charge >= 0.3 is 6.36 Å². The second-order valence-electron chi connectivity index (χ2n) is 2.34. The number of halogens is 4. The van der Waals surface area contributed by atoms with Crippen LogP contribution in [0.1, 0.15) is 0 Å². The SMILES string of the molecule is NNc1ccc(Br)c(OC(F)(F)F)c1. The van der Waals surface area contributed by atoms with Crippen LogP contribution in [0.2, 0.25) is 0 Å². The van der Waals surface area contributed by atoms with E-state index >= 15 is 0 Å². The zero-order chi connectivity index (χ0) is 10.8. The van der Waals surface area contributed by atoms with Crippen molar-refractivity contribution in [3.8, 4) is 5.75 Å². The van der Waals surface area contributed by atoms with Gasteiger partial charge in [0.15, 0.2) is 0 Å². The molecule has 0 heterocycles. The monoisotopic (exact) mass is 270 g/mol. The van der Waals surface area contributed by atoms with E-state index in [-0.39, 0.29) is 10.2 Å². The minimum Gasteiger partial charge on any atom is -0.405 e. The second kappa shape index (κ2) is 4.05. The number of hydrazine groups is 1. The smallest absolute Gasteiger partial charge is 0.405 e. The first-order valence-corrected chi connectivity index (χ1v) is 4.23. The van der Waals surface area contributed by atoms with Crippen molar-refractivity contribution < 1.29 is 17.9 Å². The Labute approximate surface area is 86.1 Å². The highest BCUT2D eigenvalue weighted by Crippen LogP contribution is 2.32. The van der Waals surface area contributed by atoms with E-state index < -0.39 is 6.36 Å². The summed E-state index contributed by atoms with van der Waals surface area (Å²) < 4.78 is 39.5. The Morgan fingerprint density at radius 3 is 2.50 bits per heavy atom. The molecule has 14 heavy (non-hydrogen) atoms. The molecule has 3 N–H and O–H groups in total. The fraction of sp³-hybridized carbons (Fsp3) is 0.143. The molecule has 0 aliphatic rings. The summed E-state index contributed by atoms with van der Waals surface area (Å²) in [4.78, 5) is 0. The normalized spacial score (nSPS) is 11.2. The lowest BCUT2D eigenvalue weighted by molar-refractivity contribution is -0.274. The molecule has 1 rings (SSSR count). The molecule has 0 radical (unpaired) electrons. The molecular formula is C7H6BrF3N2O. The number of nitrogens with one attached hydrogen (secondary N) is 1. The largest absolute Gasteiger partial charge is 0.573 e. The molecule has 0 unspecified atom stereocenters. The highest BCUT2D eigenvalue weighted by atomic mass is 79.9. The number of benzene rings is 1. The minimum absolute atomic E-state index is 0.203. The summed E-state index contributed by atoms with van der Waals surface area (Å²) in [6, 6.07) is 4.04. The number of nitrogens with two attached hydrogens (primary N) is 1. The molecular weight excluding hydrogens is 265 g/mol. The van der Waals surface area contributed by atoms with Gasteiger partial charge in [-0.3, -0.25) is 5.84 Å². The van der Waals surface area contributed by atoms with Crippen molar-refractivity contribution in [2.24, 2.45) is 5.84 Å². The predicted molar refractivity (Wildman–Crippen MR) is 48.6 cm³/mol. The van der Waals surface area contributed by atoms with E-state index in [9.17, 15) is 13.2 Å². The number of hydrogen-bond acceptors (Lipinski definition) is 3. The van der Waals surface area contributed by atoms with Crippen molar-refractivity contribution in [1.29, 1.82) is 0 Å². The van der Waals surface area contributed by atoms with E-state index in [1.54, 1.807) is 0 Å². The molecule has 0 bridgehead atoms. The van der Waals surface area contributed by atoms with E-state index in [1.807, 2.05) is 0 Å². The standard InChI is InChI=1S/C7H6BrF3N2O/c8-5-2-1-4(13-12)3-6(5)14-7(9,10)11/h1-3,13H,12H2. The average molecular weight is 271 g/mol. The van der Waals surface area contributed by atoms with E-state index in [0.717, 1.165) is 6.07 Å². The number of anilines is 1. The van der Waals surface area contributed by atoms with Crippen LogP contribution in [0.4, 0.5) is 18.9 Å². The molecule has 0 spiro atoms. The lowest BCUT2D eigenvalue weighted by Crippen LogP contribution is -2.17. The number of rotatable bonds is 2. The van der Waals surface area contributed by atoms with E-state index in [1.165, 1.54) is 12.1 Å². The maximum absolute atomic E-state index is 11.9. The van der Waals surface area contributed by atoms with E-state index in [0.29, 0.717) is 5.69 Å². The van der Waals surface area contributed by atoms with Crippen LogP contribution in [-0.4, -0.2) is 6.36 Å². The van der Waals surface area contributed by atoms with Crippen molar-refractivity contribution in [3.63, 3.8) is 0 Å². The van der Waals surface area contributed by atoms with Crippen LogP contribution in [0.15, 0.2) is 22.7 Å². The van der Waals surface area contributed by atoms with Crippen LogP contribution in [-0.2, 0) is 0 Å². The van der Waals surface area contributed by atoms with Gasteiger partial charge in [0.05, 0.1) is 10.2 Å². The Hall–Kier alpha value is -0.950. The topological polar surface area (TPSA) is 47.3 Å². The molecule has 0 fully saturated rings. The second-order valence-corrected chi connectivity index (χ2v) is 3.19. The summed E-state index contributed by atoms with van der Waals surface area (Å²) in [5.41, 5.74) is 2.54. The summed E-state index contributed by atoms with van der Waals surface area (Å²) in [5.74, 6) is 4.69. The zero-order valence-electron chi connectivity index (χ0n) is 6.73. The zero-order valence-corrected chi connectivity index (χ0v) is 8.32. The Morgan fingerprint density at radius 2 is 2.00 bits per heavy atom. The molecule has 78 valence electrons. The maximum atomic E-state index is 11.9. The fourth-order valence-corrected chi connectivity index (χ4v) is 1.12. The van der Waals surface area contributed by atoms with Crippen molar-refractivity contribution >= 4 is 21.6 Å². The Balaban J connectivity index is 2.95. The first-order valence-electron chi connectivity index (χ1n) is 3.44. The van der Waals surface area contributed by atoms with Crippen LogP contribution in [0, 0.1) is 0 Å². The van der Waals surface area contributed by atoms with Crippen molar-refractivity contribution in [3.05, 3.63) is 22.7 Å². The quantitative estimate of drug-likeness (QED) is 0.642. The molecule has 1 aromatic carbocycles. The number of nitrogen functional groups attached to an aromatic ring is 1. The molecule has 0 saturated heterocycles. The molecule has 0 aliphatic carbocycles. The fourth-order valence-electron chi connectivity index (χ4n) is 0.796. The van der Waals surface area contributed by atoms with Crippen molar-refractivity contribution in [2.45, 2.75) is 6.36 Å². The van der Waals surface area contributed by atoms with Crippen LogP contribution in [0.25, 0.3) is 0 Å². The highest BCUT2D eigenvalue weighted by molar-refractivity contribution is 9.10. The van der Waals surface area contributed by atoms with Crippen molar-refractivity contribution in [2.75, 3.05) is 5.43 Å². The van der Waals surface area contributed by atoms with Gasteiger partial charge in [-0.15, -0.1) is 13.2 Å². The Bertz CT molecular complexity index is 329. The number of alkyl halides is 3. The van der Waals surface area contributed by atoms with Crippen LogP contribution in [0.3, 0.4) is 0 Å². The summed E-state index contributed by atoms with van der Waals surface area (Å²) >= 11 is 2.92. The highest BCUT2D eigenvalue weighted by Gasteiger charge is 2.32. The molecule has 0 aliphatic heterocycles. The molecule has 0 atom stereocenters. The molecule has 1 aromatic rings. The summed E-state index contributed by atoms with van der Waals surface area (Å²) in [6.07, 6.45) is -4.71. The van der Waals surface area contributed by atoms with Gasteiger partial charge in [-0.2, -0.15) is 0 Å². The number of ether oxygens (including phenoxy) is 1. The Kier molecular flexibility index (Phi) is 3.22. The number of hydrogen-bond donors (Lipinski definition) is 2. The van der Waals surface area contributed by atoms with E-state index in [4.69, 9.17) is 5.84 Å². The molecule has 0 saturated carbocycles. The van der Waals surface area contributed by atoms with Gasteiger partial charge in [-0.1, -0.05) is 0 Å². The first kappa shape index (κ1) is 11.1. The first-order chi connectivity index (χ1) is 6.42. The van der Waals surface area contributed by atoms with Crippen LogP contribution in [0.5, 0.6) is 5.75 Å². The third-order valence-electron chi connectivity index (χ3n) is 1.32. The predicted octanol–water partition coefficient (Wildman–Crippen LogP) is 2.63. The van der Waals surface area contributed by atoms with E-state index in [2.05, 4.69) is 26.1 Å². The Morgan fingerprint density at radius 1 is 1.36 bits per heavy atom. The summed E-state index contributed by atoms with van der Waals surface area (Å²) in [5, 5.41) is 0. The van der Waals surface area contributed by atoms with Crippen LogP contribution >= 0.6 is 15.9 Å². The maximum Gasteiger partial charge on any atom is 0.573 e. The summed E-state index contributed by atoms with van der Waals surface area (Å²) in [7, 11) is 0. The van der Waals surface area contributed by atoms with Gasteiger partial charge in [-0.25, -0.2) is 0 Å². The molecule has 3 nitrogen and oxygen atoms in total. The summed E-state index contributed by atoms with van der Waals surface area (Å²) in [6.45, 7) is 0. The average Bonchev–Trinajstić information content (AvgIpc) is 2.06. The third-order valence-corrected chi connectivity index (χ3v) is 1.98.